The Morgan fingerprint density at radius 1 is 1.50 bits per heavy atom. The first-order valence-corrected chi connectivity index (χ1v) is 5.48. The van der Waals surface area contributed by atoms with E-state index in [4.69, 9.17) is 5.11 Å². The summed E-state index contributed by atoms with van der Waals surface area (Å²) in [6.07, 6.45) is 0.321. The fourth-order valence-electron chi connectivity index (χ4n) is 1.31. The number of aliphatic hydroxyl groups is 1. The number of aliphatic carboxylic acids is 1. The highest BCUT2D eigenvalue weighted by Gasteiger charge is 2.18. The number of carbonyl (C=O) groups is 2. The van der Waals surface area contributed by atoms with Gasteiger partial charge in [-0.1, -0.05) is 28.1 Å². The lowest BCUT2D eigenvalue weighted by Gasteiger charge is -2.09. The molecule has 0 heterocycles. The molecule has 4 nitrogen and oxygen atoms in total. The van der Waals surface area contributed by atoms with Crippen LogP contribution in [0.2, 0.25) is 0 Å². The number of hydrogen-bond acceptors (Lipinski definition) is 3. The minimum Gasteiger partial charge on any atom is -0.479 e. The zero-order chi connectivity index (χ0) is 12.1. The lowest BCUT2D eigenvalue weighted by atomic mass is 10.0. The smallest absolute Gasteiger partial charge is 0.337 e. The molecule has 0 saturated carbocycles. The topological polar surface area (TPSA) is 74.6 Å². The molecule has 1 rings (SSSR count). The van der Waals surface area contributed by atoms with Crippen molar-refractivity contribution in [2.24, 2.45) is 0 Å². The number of hydrogen-bond donors (Lipinski definition) is 2. The number of carboxylic acids is 1. The maximum Gasteiger partial charge on any atom is 0.337 e. The van der Waals surface area contributed by atoms with Crippen molar-refractivity contribution in [2.45, 2.75) is 18.9 Å². The molecule has 1 unspecified atom stereocenters. The predicted octanol–water partition coefficient (Wildman–Crippen LogP) is 1.70. The van der Waals surface area contributed by atoms with Crippen molar-refractivity contribution in [3.8, 4) is 0 Å². The van der Waals surface area contributed by atoms with Gasteiger partial charge in [0.2, 0.25) is 0 Å². The fourth-order valence-corrected chi connectivity index (χ4v) is 1.95. The Labute approximate surface area is 101 Å². The average Bonchev–Trinajstić information content (AvgIpc) is 2.25. The summed E-state index contributed by atoms with van der Waals surface area (Å²) in [4.78, 5) is 20.8. The molecule has 0 fully saturated rings. The first kappa shape index (κ1) is 12.9. The highest BCUT2D eigenvalue weighted by Crippen LogP contribution is 2.25. The lowest BCUT2D eigenvalue weighted by molar-refractivity contribution is -0.147. The summed E-state index contributed by atoms with van der Waals surface area (Å²) >= 11 is 3.20. The number of carboxylic acid groups (broad SMARTS) is 1. The van der Waals surface area contributed by atoms with E-state index < -0.39 is 12.1 Å². The summed E-state index contributed by atoms with van der Waals surface area (Å²) in [5.41, 5.74) is 1.22. The van der Waals surface area contributed by atoms with Crippen molar-refractivity contribution in [2.75, 3.05) is 0 Å². The average molecular weight is 287 g/mol. The Kier molecular flexibility index (Phi) is 4.64. The molecule has 0 spiro atoms. The molecule has 0 aromatic heterocycles. The van der Waals surface area contributed by atoms with Gasteiger partial charge < -0.3 is 15.0 Å². The van der Waals surface area contributed by atoms with Gasteiger partial charge in [-0.05, 0) is 18.1 Å². The van der Waals surface area contributed by atoms with E-state index in [1.165, 1.54) is 0 Å². The van der Waals surface area contributed by atoms with Crippen LogP contribution >= 0.6 is 15.9 Å². The minimum absolute atomic E-state index is 0.308. The van der Waals surface area contributed by atoms with Crippen molar-refractivity contribution < 1.29 is 19.8 Å². The van der Waals surface area contributed by atoms with E-state index in [0.29, 0.717) is 22.9 Å². The van der Waals surface area contributed by atoms with Crippen LogP contribution in [-0.4, -0.2) is 22.5 Å². The van der Waals surface area contributed by atoms with Crippen LogP contribution in [-0.2, 0) is 16.0 Å². The van der Waals surface area contributed by atoms with Crippen molar-refractivity contribution in [1.29, 1.82) is 0 Å². The van der Waals surface area contributed by atoms with E-state index in [2.05, 4.69) is 15.9 Å². The summed E-state index contributed by atoms with van der Waals surface area (Å²) in [6.45, 7) is 0. The molecule has 5 heteroatoms. The quantitative estimate of drug-likeness (QED) is 0.808. The number of aryl methyl sites for hydroxylation is 1. The van der Waals surface area contributed by atoms with Crippen LogP contribution in [0.15, 0.2) is 22.7 Å². The fraction of sp³-hybridized carbons (Fsp3) is 0.273. The largest absolute Gasteiger partial charge is 0.479 e. The Morgan fingerprint density at radius 2 is 2.19 bits per heavy atom. The van der Waals surface area contributed by atoms with Gasteiger partial charge in [-0.3, -0.25) is 0 Å². The third-order valence-corrected chi connectivity index (χ3v) is 2.83. The Balaban J connectivity index is 2.90. The molecule has 16 heavy (non-hydrogen) atoms. The van der Waals surface area contributed by atoms with Crippen LogP contribution in [0, 0.1) is 0 Å². The van der Waals surface area contributed by atoms with E-state index in [1.54, 1.807) is 18.2 Å². The highest BCUT2D eigenvalue weighted by molar-refractivity contribution is 9.10. The molecule has 0 bridgehead atoms. The Morgan fingerprint density at radius 3 is 2.69 bits per heavy atom. The maximum atomic E-state index is 10.6. The zero-order valence-corrected chi connectivity index (χ0v) is 9.98. The second-order valence-corrected chi connectivity index (χ2v) is 4.16. The number of benzene rings is 1. The second kappa shape index (κ2) is 5.77. The van der Waals surface area contributed by atoms with Gasteiger partial charge in [0.05, 0.1) is 0 Å². The highest BCUT2D eigenvalue weighted by atomic mass is 79.9. The summed E-state index contributed by atoms with van der Waals surface area (Å²) < 4.78 is 0.533. The monoisotopic (exact) mass is 286 g/mol. The number of halogens is 1. The SMILES string of the molecule is O=CCCc1ccc(C(O)C(=O)O)c(Br)c1. The van der Waals surface area contributed by atoms with Crippen LogP contribution in [0.25, 0.3) is 0 Å². The van der Waals surface area contributed by atoms with Crippen LogP contribution in [0.5, 0.6) is 0 Å². The van der Waals surface area contributed by atoms with Crippen molar-refractivity contribution >= 4 is 28.2 Å². The van der Waals surface area contributed by atoms with Crippen LogP contribution < -0.4 is 0 Å². The molecule has 0 aliphatic rings. The molecule has 0 aliphatic carbocycles. The summed E-state index contributed by atoms with van der Waals surface area (Å²) in [5.74, 6) is -1.29. The molecule has 1 aromatic rings. The molecule has 0 amide bonds. The third-order valence-electron chi connectivity index (χ3n) is 2.14. The van der Waals surface area contributed by atoms with Crippen LogP contribution in [0.4, 0.5) is 0 Å². The molecule has 1 aromatic carbocycles. The summed E-state index contributed by atoms with van der Waals surface area (Å²) in [7, 11) is 0. The van der Waals surface area contributed by atoms with Gasteiger partial charge >= 0.3 is 5.97 Å². The summed E-state index contributed by atoms with van der Waals surface area (Å²) in [5, 5.41) is 18.0. The van der Waals surface area contributed by atoms with E-state index in [1.807, 2.05) is 0 Å². The van der Waals surface area contributed by atoms with E-state index in [9.17, 15) is 14.7 Å². The lowest BCUT2D eigenvalue weighted by Crippen LogP contribution is -2.11. The first-order valence-electron chi connectivity index (χ1n) is 4.69. The van der Waals surface area contributed by atoms with Gasteiger partial charge in [0, 0.05) is 16.5 Å². The number of aldehydes is 1. The molecule has 0 saturated heterocycles. The van der Waals surface area contributed by atoms with Crippen molar-refractivity contribution in [3.63, 3.8) is 0 Å². The molecule has 0 radical (unpaired) electrons. The van der Waals surface area contributed by atoms with Gasteiger partial charge in [-0.15, -0.1) is 0 Å². The molecule has 2 N–H and O–H groups in total. The van der Waals surface area contributed by atoms with Gasteiger partial charge in [0.1, 0.15) is 6.29 Å². The van der Waals surface area contributed by atoms with E-state index >= 15 is 0 Å². The van der Waals surface area contributed by atoms with Gasteiger partial charge in [0.25, 0.3) is 0 Å². The molecular formula is C11H11BrO4. The first-order chi connectivity index (χ1) is 7.56. The molecule has 0 aliphatic heterocycles. The normalized spacial score (nSPS) is 12.1. The maximum absolute atomic E-state index is 10.6. The molecule has 1 atom stereocenters. The van der Waals surface area contributed by atoms with Gasteiger partial charge in [-0.25, -0.2) is 4.79 Å². The van der Waals surface area contributed by atoms with E-state index in [-0.39, 0.29) is 0 Å². The van der Waals surface area contributed by atoms with Gasteiger partial charge in [-0.2, -0.15) is 0 Å². The minimum atomic E-state index is -1.53. The molecular weight excluding hydrogens is 276 g/mol. The van der Waals surface area contributed by atoms with E-state index in [0.717, 1.165) is 11.8 Å². The number of aliphatic hydroxyl groups excluding tert-OH is 1. The van der Waals surface area contributed by atoms with Crippen molar-refractivity contribution in [3.05, 3.63) is 33.8 Å². The zero-order valence-electron chi connectivity index (χ0n) is 8.39. The number of carbonyl (C=O) groups excluding carboxylic acids is 1. The van der Waals surface area contributed by atoms with Crippen LogP contribution in [0.3, 0.4) is 0 Å². The number of rotatable bonds is 5. The van der Waals surface area contributed by atoms with Gasteiger partial charge in [0.15, 0.2) is 6.10 Å². The summed E-state index contributed by atoms with van der Waals surface area (Å²) in [6, 6.07) is 4.96. The third kappa shape index (κ3) is 3.15. The second-order valence-electron chi connectivity index (χ2n) is 3.30. The Bertz CT molecular complexity index is 403. The molecule has 86 valence electrons. The predicted molar refractivity (Wildman–Crippen MR) is 61.1 cm³/mol. The van der Waals surface area contributed by atoms with Crippen molar-refractivity contribution in [1.82, 2.24) is 0 Å². The van der Waals surface area contributed by atoms with Crippen LogP contribution in [0.1, 0.15) is 23.7 Å². The standard InChI is InChI=1S/C11H11BrO4/c12-9-6-7(2-1-5-13)3-4-8(9)10(14)11(15)16/h3-6,10,14H,1-2H2,(H,15,16). The Hall–Kier alpha value is -1.20.